The summed E-state index contributed by atoms with van der Waals surface area (Å²) in [5.41, 5.74) is 0. The molecular weight excluding hydrogens is 208 g/mol. The molecule has 0 rings (SSSR count). The second kappa shape index (κ2) is 5.97. The van der Waals surface area contributed by atoms with Gasteiger partial charge in [0, 0.05) is 11.0 Å². The first kappa shape index (κ1) is 10.2. The predicted molar refractivity (Wildman–Crippen MR) is 49.7 cm³/mol. The number of hydrogen-bond donors (Lipinski definition) is 2. The largest absolute Gasteiger partial charge is 0.335 e. The van der Waals surface area contributed by atoms with Gasteiger partial charge in [0.15, 0.2) is 0 Å². The maximum absolute atomic E-state index is 10.8. The topological polar surface area (TPSA) is 41.1 Å². The first-order valence-corrected chi connectivity index (χ1v) is 3.92. The average molecular weight is 219 g/mol. The number of rotatable bonds is 4. The molecule has 2 N–H and O–H groups in total. The van der Waals surface area contributed by atoms with E-state index < -0.39 is 0 Å². The molecule has 0 aromatic heterocycles. The fraction of sp³-hybridized carbons (Fsp3) is 0.286. The van der Waals surface area contributed by atoms with Crippen molar-refractivity contribution in [1.82, 2.24) is 10.6 Å². The molecule has 0 fully saturated rings. The number of halogens is 1. The van der Waals surface area contributed by atoms with E-state index >= 15 is 0 Å². The van der Waals surface area contributed by atoms with Crippen LogP contribution in [0, 0.1) is 0 Å². The molecule has 0 saturated heterocycles. The molecule has 0 radical (unpaired) electrons. The minimum atomic E-state index is -0.217. The van der Waals surface area contributed by atoms with Gasteiger partial charge in [0.25, 0.3) is 0 Å². The van der Waals surface area contributed by atoms with Gasteiger partial charge in [-0.25, -0.2) is 4.79 Å². The lowest BCUT2D eigenvalue weighted by Gasteiger charge is -2.03. The Hall–Kier alpha value is -0.770. The normalized spacial score (nSPS) is 8.45. The number of hydrogen-bond acceptors (Lipinski definition) is 1. The fourth-order valence-electron chi connectivity index (χ4n) is 0.404. The van der Waals surface area contributed by atoms with Crippen LogP contribution in [-0.4, -0.2) is 19.1 Å². The van der Waals surface area contributed by atoms with Crippen LogP contribution in [-0.2, 0) is 0 Å². The highest BCUT2D eigenvalue weighted by molar-refractivity contribution is 9.11. The van der Waals surface area contributed by atoms with Gasteiger partial charge in [0.2, 0.25) is 0 Å². The van der Waals surface area contributed by atoms with Crippen LogP contribution in [0.5, 0.6) is 0 Å². The predicted octanol–water partition coefficient (Wildman–Crippen LogP) is 1.38. The molecular formula is C7H11BrN2O. The van der Waals surface area contributed by atoms with E-state index in [1.54, 1.807) is 6.08 Å². The molecule has 0 aliphatic carbocycles. The standard InChI is InChI=1S/C7H11BrN2O/c1-3-4-9-7(11)10-5-6(2)8/h3H,1-2,4-5H2,(H2,9,10,11). The summed E-state index contributed by atoms with van der Waals surface area (Å²) < 4.78 is 0.742. The van der Waals surface area contributed by atoms with Crippen molar-refractivity contribution in [2.45, 2.75) is 0 Å². The molecule has 0 spiro atoms. The quantitative estimate of drug-likeness (QED) is 0.689. The maximum atomic E-state index is 10.8. The first-order valence-electron chi connectivity index (χ1n) is 3.12. The molecule has 0 aromatic rings. The van der Waals surface area contributed by atoms with Gasteiger partial charge in [-0.2, -0.15) is 0 Å². The highest BCUT2D eigenvalue weighted by Gasteiger charge is 1.95. The highest BCUT2D eigenvalue weighted by Crippen LogP contribution is 1.95. The van der Waals surface area contributed by atoms with Crippen molar-refractivity contribution in [2.75, 3.05) is 13.1 Å². The van der Waals surface area contributed by atoms with Gasteiger partial charge in [-0.1, -0.05) is 28.6 Å². The second-order valence-corrected chi connectivity index (χ2v) is 2.99. The summed E-state index contributed by atoms with van der Waals surface area (Å²) in [6.07, 6.45) is 1.61. The Bertz CT molecular complexity index is 168. The van der Waals surface area contributed by atoms with Crippen LogP contribution < -0.4 is 10.6 Å². The lowest BCUT2D eigenvalue weighted by Crippen LogP contribution is -2.35. The fourth-order valence-corrected chi connectivity index (χ4v) is 0.544. The van der Waals surface area contributed by atoms with E-state index in [4.69, 9.17) is 0 Å². The zero-order valence-electron chi connectivity index (χ0n) is 6.19. The highest BCUT2D eigenvalue weighted by atomic mass is 79.9. The van der Waals surface area contributed by atoms with Crippen LogP contribution in [0.1, 0.15) is 0 Å². The molecule has 11 heavy (non-hydrogen) atoms. The number of nitrogens with one attached hydrogen (secondary N) is 2. The Balaban J connectivity index is 3.37. The molecule has 3 nitrogen and oxygen atoms in total. The number of urea groups is 1. The third kappa shape index (κ3) is 7.12. The molecule has 4 heteroatoms. The van der Waals surface area contributed by atoms with Crippen molar-refractivity contribution >= 4 is 22.0 Å². The molecule has 0 saturated carbocycles. The van der Waals surface area contributed by atoms with E-state index in [1.165, 1.54) is 0 Å². The summed E-state index contributed by atoms with van der Waals surface area (Å²) in [7, 11) is 0. The Morgan fingerprint density at radius 3 is 2.64 bits per heavy atom. The van der Waals surface area contributed by atoms with Crippen LogP contribution in [0.15, 0.2) is 23.7 Å². The smallest absolute Gasteiger partial charge is 0.315 e. The minimum Gasteiger partial charge on any atom is -0.335 e. The van der Waals surface area contributed by atoms with Gasteiger partial charge in [-0.15, -0.1) is 6.58 Å². The summed E-state index contributed by atoms with van der Waals surface area (Å²) in [4.78, 5) is 10.8. The molecule has 62 valence electrons. The molecule has 2 amide bonds. The van der Waals surface area contributed by atoms with Crippen LogP contribution in [0.4, 0.5) is 4.79 Å². The van der Waals surface area contributed by atoms with Gasteiger partial charge in [-0.05, 0) is 0 Å². The van der Waals surface area contributed by atoms with Crippen LogP contribution in [0.2, 0.25) is 0 Å². The van der Waals surface area contributed by atoms with Crippen molar-refractivity contribution in [1.29, 1.82) is 0 Å². The Labute approximate surface area is 74.7 Å². The third-order valence-electron chi connectivity index (χ3n) is 0.848. The van der Waals surface area contributed by atoms with E-state index in [9.17, 15) is 4.79 Å². The molecule has 0 heterocycles. The van der Waals surface area contributed by atoms with E-state index in [-0.39, 0.29) is 6.03 Å². The monoisotopic (exact) mass is 218 g/mol. The Kier molecular flexibility index (Phi) is 5.56. The van der Waals surface area contributed by atoms with Gasteiger partial charge in [-0.3, -0.25) is 0 Å². The van der Waals surface area contributed by atoms with Crippen molar-refractivity contribution in [3.8, 4) is 0 Å². The van der Waals surface area contributed by atoms with Crippen molar-refractivity contribution in [2.24, 2.45) is 0 Å². The number of carbonyl (C=O) groups excluding carboxylic acids is 1. The summed E-state index contributed by atoms with van der Waals surface area (Å²) >= 11 is 3.11. The lowest BCUT2D eigenvalue weighted by molar-refractivity contribution is 0.243. The van der Waals surface area contributed by atoms with E-state index in [0.29, 0.717) is 13.1 Å². The van der Waals surface area contributed by atoms with Crippen molar-refractivity contribution < 1.29 is 4.79 Å². The zero-order valence-corrected chi connectivity index (χ0v) is 7.78. The molecule has 0 aliphatic heterocycles. The number of amides is 2. The number of carbonyl (C=O) groups is 1. The SMILES string of the molecule is C=CCNC(=O)NCC(=C)Br. The minimum absolute atomic E-state index is 0.217. The molecule has 0 aromatic carbocycles. The van der Waals surface area contributed by atoms with Gasteiger partial charge in [0.1, 0.15) is 0 Å². The van der Waals surface area contributed by atoms with Crippen molar-refractivity contribution in [3.05, 3.63) is 23.7 Å². The van der Waals surface area contributed by atoms with Crippen LogP contribution >= 0.6 is 15.9 Å². The summed E-state index contributed by atoms with van der Waals surface area (Å²) in [5.74, 6) is 0. The third-order valence-corrected chi connectivity index (χ3v) is 1.13. The van der Waals surface area contributed by atoms with E-state index in [0.717, 1.165) is 4.48 Å². The van der Waals surface area contributed by atoms with Gasteiger partial charge >= 0.3 is 6.03 Å². The Morgan fingerprint density at radius 1 is 1.55 bits per heavy atom. The van der Waals surface area contributed by atoms with Gasteiger partial charge < -0.3 is 10.6 Å². The summed E-state index contributed by atoms with van der Waals surface area (Å²) in [6.45, 7) is 7.93. The average Bonchev–Trinajstić information content (AvgIpc) is 1.97. The van der Waals surface area contributed by atoms with Gasteiger partial charge in [0.05, 0.1) is 6.54 Å². The molecule has 0 bridgehead atoms. The zero-order chi connectivity index (χ0) is 8.69. The summed E-state index contributed by atoms with van der Waals surface area (Å²) in [6, 6.07) is -0.217. The Morgan fingerprint density at radius 2 is 2.18 bits per heavy atom. The molecule has 0 atom stereocenters. The first-order chi connectivity index (χ1) is 5.16. The van der Waals surface area contributed by atoms with Crippen LogP contribution in [0.25, 0.3) is 0 Å². The van der Waals surface area contributed by atoms with E-state index in [2.05, 4.69) is 39.7 Å². The molecule has 0 unspecified atom stereocenters. The summed E-state index contributed by atoms with van der Waals surface area (Å²) in [5, 5.41) is 5.13. The maximum Gasteiger partial charge on any atom is 0.315 e. The van der Waals surface area contributed by atoms with Crippen LogP contribution in [0.3, 0.4) is 0 Å². The lowest BCUT2D eigenvalue weighted by atomic mass is 10.6. The van der Waals surface area contributed by atoms with Crippen molar-refractivity contribution in [3.63, 3.8) is 0 Å². The molecule has 0 aliphatic rings. The van der Waals surface area contributed by atoms with E-state index in [1.807, 2.05) is 0 Å². The second-order valence-electron chi connectivity index (χ2n) is 1.87.